The maximum atomic E-state index is 11.3. The van der Waals surface area contributed by atoms with Crippen molar-refractivity contribution < 1.29 is 14.6 Å². The van der Waals surface area contributed by atoms with Crippen LogP contribution in [0.2, 0.25) is 0 Å². The third kappa shape index (κ3) is 2.52. The molecule has 0 aliphatic rings. The van der Waals surface area contributed by atoms with E-state index >= 15 is 0 Å². The molecule has 2 aromatic heterocycles. The van der Waals surface area contributed by atoms with Crippen molar-refractivity contribution in [3.63, 3.8) is 0 Å². The maximum Gasteiger partial charge on any atom is 0.310 e. The Balaban J connectivity index is 2.50. The molecule has 19 heavy (non-hydrogen) atoms. The fourth-order valence-electron chi connectivity index (χ4n) is 1.98. The standard InChI is InChI=1S/C13H17N3O3/c1-4-5-9-6-11-14-8(2)10(7-12(17)19-3)13(18)16(11)15-9/h6,18H,4-5,7H2,1-3H3. The second kappa shape index (κ2) is 5.26. The predicted octanol–water partition coefficient (Wildman–Crippen LogP) is 1.41. The van der Waals surface area contributed by atoms with Crippen molar-refractivity contribution >= 4 is 11.6 Å². The van der Waals surface area contributed by atoms with Gasteiger partial charge in [0.15, 0.2) is 5.65 Å². The van der Waals surface area contributed by atoms with Crippen LogP contribution in [0.3, 0.4) is 0 Å². The van der Waals surface area contributed by atoms with Crippen molar-refractivity contribution in [2.45, 2.75) is 33.1 Å². The number of hydrogen-bond acceptors (Lipinski definition) is 5. The summed E-state index contributed by atoms with van der Waals surface area (Å²) >= 11 is 0. The molecule has 102 valence electrons. The second-order valence-corrected chi connectivity index (χ2v) is 4.41. The number of carbonyl (C=O) groups is 1. The van der Waals surface area contributed by atoms with Crippen LogP contribution in [0.15, 0.2) is 6.07 Å². The van der Waals surface area contributed by atoms with Gasteiger partial charge in [0.1, 0.15) is 0 Å². The lowest BCUT2D eigenvalue weighted by Crippen LogP contribution is -2.09. The van der Waals surface area contributed by atoms with Crippen molar-refractivity contribution in [2.75, 3.05) is 7.11 Å². The van der Waals surface area contributed by atoms with Gasteiger partial charge in [0, 0.05) is 17.3 Å². The molecule has 2 aromatic rings. The molecule has 1 N–H and O–H groups in total. The van der Waals surface area contributed by atoms with Crippen LogP contribution in [0, 0.1) is 6.92 Å². The molecule has 0 spiro atoms. The summed E-state index contributed by atoms with van der Waals surface area (Å²) in [7, 11) is 1.31. The third-order valence-corrected chi connectivity index (χ3v) is 2.99. The Kier molecular flexibility index (Phi) is 3.69. The zero-order valence-electron chi connectivity index (χ0n) is 11.3. The first-order valence-electron chi connectivity index (χ1n) is 6.20. The SMILES string of the molecule is CCCc1cc2nc(C)c(CC(=O)OC)c(O)n2n1. The van der Waals surface area contributed by atoms with Gasteiger partial charge in [-0.05, 0) is 13.3 Å². The molecule has 0 aliphatic carbocycles. The van der Waals surface area contributed by atoms with Crippen LogP contribution in [0.1, 0.15) is 30.3 Å². The minimum absolute atomic E-state index is 0.0138. The molecule has 0 radical (unpaired) electrons. The number of esters is 1. The molecule has 0 saturated carbocycles. The minimum atomic E-state index is -0.416. The first kappa shape index (κ1) is 13.3. The summed E-state index contributed by atoms with van der Waals surface area (Å²) in [6, 6.07) is 1.85. The van der Waals surface area contributed by atoms with Gasteiger partial charge < -0.3 is 9.84 Å². The van der Waals surface area contributed by atoms with E-state index in [1.54, 1.807) is 6.92 Å². The van der Waals surface area contributed by atoms with E-state index in [0.29, 0.717) is 16.9 Å². The van der Waals surface area contributed by atoms with Gasteiger partial charge in [0.25, 0.3) is 0 Å². The highest BCUT2D eigenvalue weighted by Crippen LogP contribution is 2.22. The first-order valence-corrected chi connectivity index (χ1v) is 6.20. The average molecular weight is 263 g/mol. The summed E-state index contributed by atoms with van der Waals surface area (Å²) in [5.74, 6) is -0.462. The van der Waals surface area contributed by atoms with Crippen LogP contribution in [0.4, 0.5) is 0 Å². The fraction of sp³-hybridized carbons (Fsp3) is 0.462. The molecule has 0 bridgehead atoms. The normalized spacial score (nSPS) is 10.9. The zero-order chi connectivity index (χ0) is 14.0. The van der Waals surface area contributed by atoms with Gasteiger partial charge in [-0.15, -0.1) is 0 Å². The Morgan fingerprint density at radius 2 is 2.26 bits per heavy atom. The van der Waals surface area contributed by atoms with E-state index in [4.69, 9.17) is 0 Å². The van der Waals surface area contributed by atoms with Gasteiger partial charge >= 0.3 is 5.97 Å². The molecular formula is C13H17N3O3. The van der Waals surface area contributed by atoms with Crippen molar-refractivity contribution in [3.05, 3.63) is 23.0 Å². The van der Waals surface area contributed by atoms with Crippen LogP contribution < -0.4 is 0 Å². The second-order valence-electron chi connectivity index (χ2n) is 4.41. The van der Waals surface area contributed by atoms with Gasteiger partial charge in [0.2, 0.25) is 5.88 Å². The third-order valence-electron chi connectivity index (χ3n) is 2.99. The Morgan fingerprint density at radius 1 is 1.53 bits per heavy atom. The number of carbonyl (C=O) groups excluding carboxylic acids is 1. The Morgan fingerprint density at radius 3 is 2.89 bits per heavy atom. The van der Waals surface area contributed by atoms with Gasteiger partial charge in [0.05, 0.1) is 19.2 Å². The molecule has 0 amide bonds. The van der Waals surface area contributed by atoms with Crippen LogP contribution >= 0.6 is 0 Å². The minimum Gasteiger partial charge on any atom is -0.493 e. The topological polar surface area (TPSA) is 76.7 Å². The van der Waals surface area contributed by atoms with Crippen LogP contribution in [0.5, 0.6) is 5.88 Å². The molecule has 2 heterocycles. The van der Waals surface area contributed by atoms with Gasteiger partial charge in [-0.1, -0.05) is 13.3 Å². The Labute approximate surface area is 111 Å². The van der Waals surface area contributed by atoms with Crippen molar-refractivity contribution in [2.24, 2.45) is 0 Å². The van der Waals surface area contributed by atoms with Crippen molar-refractivity contribution in [3.8, 4) is 5.88 Å². The summed E-state index contributed by atoms with van der Waals surface area (Å²) in [4.78, 5) is 15.7. The summed E-state index contributed by atoms with van der Waals surface area (Å²) in [6.07, 6.45) is 1.78. The first-order chi connectivity index (χ1) is 9.06. The highest BCUT2D eigenvalue weighted by molar-refractivity contribution is 5.73. The van der Waals surface area contributed by atoms with E-state index in [-0.39, 0.29) is 12.3 Å². The fourth-order valence-corrected chi connectivity index (χ4v) is 1.98. The lowest BCUT2D eigenvalue weighted by atomic mass is 10.1. The number of rotatable bonds is 4. The highest BCUT2D eigenvalue weighted by atomic mass is 16.5. The molecule has 6 heteroatoms. The molecule has 0 aromatic carbocycles. The lowest BCUT2D eigenvalue weighted by Gasteiger charge is -2.08. The quantitative estimate of drug-likeness (QED) is 0.844. The average Bonchev–Trinajstić information content (AvgIpc) is 2.77. The smallest absolute Gasteiger partial charge is 0.310 e. The van der Waals surface area contributed by atoms with Crippen LogP contribution in [-0.4, -0.2) is 32.8 Å². The molecule has 0 fully saturated rings. The summed E-state index contributed by atoms with van der Waals surface area (Å²) in [5.41, 5.74) is 2.52. The highest BCUT2D eigenvalue weighted by Gasteiger charge is 2.17. The van der Waals surface area contributed by atoms with E-state index < -0.39 is 5.97 Å². The largest absolute Gasteiger partial charge is 0.493 e. The monoisotopic (exact) mass is 263 g/mol. The number of methoxy groups -OCH3 is 1. The lowest BCUT2D eigenvalue weighted by molar-refractivity contribution is -0.139. The van der Waals surface area contributed by atoms with Crippen molar-refractivity contribution in [1.29, 1.82) is 0 Å². The number of aryl methyl sites for hydroxylation is 2. The van der Waals surface area contributed by atoms with E-state index in [1.807, 2.05) is 6.07 Å². The number of aromatic hydroxyl groups is 1. The maximum absolute atomic E-state index is 11.3. The molecule has 0 atom stereocenters. The van der Waals surface area contributed by atoms with Gasteiger partial charge in [-0.25, -0.2) is 4.98 Å². The van der Waals surface area contributed by atoms with Crippen LogP contribution in [0.25, 0.3) is 5.65 Å². The summed E-state index contributed by atoms with van der Waals surface area (Å²) in [5, 5.41) is 14.5. The van der Waals surface area contributed by atoms with E-state index in [2.05, 4.69) is 21.7 Å². The van der Waals surface area contributed by atoms with E-state index in [1.165, 1.54) is 11.6 Å². The van der Waals surface area contributed by atoms with E-state index in [0.717, 1.165) is 18.5 Å². The number of nitrogens with zero attached hydrogens (tertiary/aromatic N) is 3. The molecule has 0 unspecified atom stereocenters. The molecule has 0 aliphatic heterocycles. The summed E-state index contributed by atoms with van der Waals surface area (Å²) in [6.45, 7) is 3.82. The van der Waals surface area contributed by atoms with Gasteiger partial charge in [-0.3, -0.25) is 4.79 Å². The Bertz CT molecular complexity index is 619. The van der Waals surface area contributed by atoms with Gasteiger partial charge in [-0.2, -0.15) is 9.61 Å². The van der Waals surface area contributed by atoms with Crippen LogP contribution in [-0.2, 0) is 22.4 Å². The number of fused-ring (bicyclic) bond motifs is 1. The number of aromatic nitrogens is 3. The Hall–Kier alpha value is -2.11. The zero-order valence-corrected chi connectivity index (χ0v) is 11.3. The van der Waals surface area contributed by atoms with Crippen molar-refractivity contribution in [1.82, 2.24) is 14.6 Å². The molecular weight excluding hydrogens is 246 g/mol. The molecule has 2 rings (SSSR count). The molecule has 6 nitrogen and oxygen atoms in total. The predicted molar refractivity (Wildman–Crippen MR) is 69.1 cm³/mol. The van der Waals surface area contributed by atoms with E-state index in [9.17, 15) is 9.90 Å². The number of ether oxygens (including phenoxy) is 1. The number of hydrogen-bond donors (Lipinski definition) is 1. The summed E-state index contributed by atoms with van der Waals surface area (Å²) < 4.78 is 5.98. The molecule has 0 saturated heterocycles.